The van der Waals surface area contributed by atoms with E-state index in [1.165, 1.54) is 92.8 Å². The van der Waals surface area contributed by atoms with E-state index < -0.39 is 5.41 Å². The summed E-state index contributed by atoms with van der Waals surface area (Å²) in [5.74, 6) is 0. The molecule has 0 fully saturated rings. The van der Waals surface area contributed by atoms with Gasteiger partial charge in [-0.3, -0.25) is 0 Å². The Kier molecular flexibility index (Phi) is 7.86. The summed E-state index contributed by atoms with van der Waals surface area (Å²) >= 11 is 1.87. The first kappa shape index (κ1) is 35.2. The normalized spacial score (nSPS) is 15.5. The summed E-state index contributed by atoms with van der Waals surface area (Å²) in [6, 6.07) is 70.6. The van der Waals surface area contributed by atoms with Gasteiger partial charge in [0.2, 0.25) is 0 Å². The van der Waals surface area contributed by atoms with Crippen LogP contribution in [0, 0.1) is 0 Å². The maximum atomic E-state index is 2.53. The second-order valence-electron chi connectivity index (χ2n) is 17.1. The minimum Gasteiger partial charge on any atom is -0.310 e. The maximum Gasteiger partial charge on any atom is 0.0714 e. The molecule has 0 unspecified atom stereocenters. The summed E-state index contributed by atoms with van der Waals surface area (Å²) in [5, 5.41) is 2.65. The molecule has 2 heteroatoms. The van der Waals surface area contributed by atoms with Crippen LogP contribution < -0.4 is 4.90 Å². The van der Waals surface area contributed by atoms with Crippen LogP contribution in [0.2, 0.25) is 0 Å². The van der Waals surface area contributed by atoms with Crippen molar-refractivity contribution >= 4 is 54.1 Å². The number of hydrogen-bond donors (Lipinski definition) is 0. The molecule has 3 aliphatic carbocycles. The molecule has 3 aliphatic rings. The van der Waals surface area contributed by atoms with E-state index in [1.807, 2.05) is 11.3 Å². The molecule has 0 bridgehead atoms. The van der Waals surface area contributed by atoms with Crippen molar-refractivity contribution in [1.82, 2.24) is 0 Å². The first-order valence-corrected chi connectivity index (χ1v) is 22.0. The highest BCUT2D eigenvalue weighted by Crippen LogP contribution is 2.60. The lowest BCUT2D eigenvalue weighted by Gasteiger charge is -2.34. The smallest absolute Gasteiger partial charge is 0.0714 e. The van der Waals surface area contributed by atoms with Crippen LogP contribution in [0.3, 0.4) is 0 Å². The third kappa shape index (κ3) is 5.04. The lowest BCUT2D eigenvalue weighted by molar-refractivity contribution is 0.607. The van der Waals surface area contributed by atoms with Crippen LogP contribution in [-0.4, -0.2) is 0 Å². The summed E-state index contributed by atoms with van der Waals surface area (Å²) in [6.07, 6.45) is 6.94. The van der Waals surface area contributed by atoms with E-state index >= 15 is 0 Å². The molecule has 0 saturated heterocycles. The summed E-state index contributed by atoms with van der Waals surface area (Å²) < 4.78 is 2.66. The highest BCUT2D eigenvalue weighted by molar-refractivity contribution is 7.25. The van der Waals surface area contributed by atoms with Crippen molar-refractivity contribution in [3.8, 4) is 22.3 Å². The second-order valence-corrected chi connectivity index (χ2v) is 18.2. The van der Waals surface area contributed by atoms with Gasteiger partial charge in [-0.1, -0.05) is 171 Å². The van der Waals surface area contributed by atoms with Crippen LogP contribution in [-0.2, 0) is 10.8 Å². The number of benzene rings is 8. The van der Waals surface area contributed by atoms with E-state index in [-0.39, 0.29) is 5.41 Å². The van der Waals surface area contributed by atoms with Crippen LogP contribution >= 0.6 is 11.3 Å². The van der Waals surface area contributed by atoms with Crippen molar-refractivity contribution in [2.24, 2.45) is 0 Å². The molecule has 0 radical (unpaired) electrons. The van der Waals surface area contributed by atoms with Gasteiger partial charge in [-0.2, -0.15) is 0 Å². The zero-order chi connectivity index (χ0) is 40.0. The standard InChI is InChI=1S/C58H43NS/c1-57(2)49-23-12-9-20-44(49)45-34-33-43(37-52(45)57)59(42-31-28-38(29-32-42)39-30-35-55-48(36-39)46-21-11-14-27-54(46)60-55)53-26-15-25-51-56(53)47-22-10-13-24-50(47)58(51,40-16-5-3-6-17-40)41-18-7-4-8-19-41/h3-11,13-22,24-37H,12,23H2,1-2H3. The van der Waals surface area contributed by atoms with Crippen molar-refractivity contribution in [3.05, 3.63) is 239 Å². The van der Waals surface area contributed by atoms with Crippen molar-refractivity contribution < 1.29 is 0 Å². The van der Waals surface area contributed by atoms with Crippen LogP contribution in [0.25, 0.3) is 48.0 Å². The molecule has 60 heavy (non-hydrogen) atoms. The number of hydrogen-bond acceptors (Lipinski definition) is 2. The summed E-state index contributed by atoms with van der Waals surface area (Å²) in [5.41, 5.74) is 18.9. The first-order valence-electron chi connectivity index (χ1n) is 21.2. The molecule has 286 valence electrons. The van der Waals surface area contributed by atoms with E-state index in [2.05, 4.69) is 219 Å². The topological polar surface area (TPSA) is 3.24 Å². The van der Waals surface area contributed by atoms with E-state index in [9.17, 15) is 0 Å². The van der Waals surface area contributed by atoms with Crippen molar-refractivity contribution in [2.75, 3.05) is 4.90 Å². The Hall–Kier alpha value is -6.74. The predicted molar refractivity (Wildman–Crippen MR) is 255 cm³/mol. The lowest BCUT2D eigenvalue weighted by Crippen LogP contribution is -2.28. The zero-order valence-corrected chi connectivity index (χ0v) is 34.6. The molecule has 8 aromatic carbocycles. The van der Waals surface area contributed by atoms with Crippen molar-refractivity contribution in [2.45, 2.75) is 37.5 Å². The van der Waals surface area contributed by atoms with Crippen LogP contribution in [0.5, 0.6) is 0 Å². The third-order valence-corrected chi connectivity index (χ3v) is 14.8. The molecule has 0 aliphatic heterocycles. The molecular weight excluding hydrogens is 743 g/mol. The van der Waals surface area contributed by atoms with E-state index in [0.717, 1.165) is 18.5 Å². The third-order valence-electron chi connectivity index (χ3n) is 13.7. The zero-order valence-electron chi connectivity index (χ0n) is 33.8. The highest BCUT2D eigenvalue weighted by atomic mass is 32.1. The van der Waals surface area contributed by atoms with Gasteiger partial charge >= 0.3 is 0 Å². The Morgan fingerprint density at radius 2 is 1.17 bits per heavy atom. The largest absolute Gasteiger partial charge is 0.310 e. The minimum absolute atomic E-state index is 0.0492. The first-order chi connectivity index (χ1) is 29.5. The van der Waals surface area contributed by atoms with Gasteiger partial charge in [0.05, 0.1) is 11.1 Å². The summed E-state index contributed by atoms with van der Waals surface area (Å²) in [7, 11) is 0. The van der Waals surface area contributed by atoms with Gasteiger partial charge in [0, 0.05) is 42.5 Å². The quantitative estimate of drug-likeness (QED) is 0.162. The average molecular weight is 786 g/mol. The molecule has 0 spiro atoms. The molecule has 12 rings (SSSR count). The number of rotatable bonds is 6. The molecule has 0 N–H and O–H groups in total. The van der Waals surface area contributed by atoms with Gasteiger partial charge < -0.3 is 4.90 Å². The number of fused-ring (bicyclic) bond motifs is 8. The Balaban J connectivity index is 1.08. The van der Waals surface area contributed by atoms with Gasteiger partial charge in [-0.05, 0) is 117 Å². The molecular formula is C58H43NS. The van der Waals surface area contributed by atoms with Gasteiger partial charge in [0.15, 0.2) is 0 Å². The van der Waals surface area contributed by atoms with Crippen LogP contribution in [0.15, 0.2) is 206 Å². The van der Waals surface area contributed by atoms with Crippen LogP contribution in [0.4, 0.5) is 17.1 Å². The van der Waals surface area contributed by atoms with E-state index in [1.54, 1.807) is 5.57 Å². The number of thiophene rings is 1. The Bertz CT molecular complexity index is 3180. The Morgan fingerprint density at radius 3 is 1.97 bits per heavy atom. The van der Waals surface area contributed by atoms with E-state index in [4.69, 9.17) is 0 Å². The molecule has 1 heterocycles. The van der Waals surface area contributed by atoms with Gasteiger partial charge in [-0.25, -0.2) is 0 Å². The van der Waals surface area contributed by atoms with Gasteiger partial charge in [0.25, 0.3) is 0 Å². The van der Waals surface area contributed by atoms with Gasteiger partial charge in [0.1, 0.15) is 0 Å². The number of anilines is 3. The fourth-order valence-corrected chi connectivity index (χ4v) is 12.0. The number of allylic oxidation sites excluding steroid dienone is 4. The average Bonchev–Trinajstić information content (AvgIpc) is 3.91. The highest BCUT2D eigenvalue weighted by Gasteiger charge is 2.47. The lowest BCUT2D eigenvalue weighted by atomic mass is 9.68. The summed E-state index contributed by atoms with van der Waals surface area (Å²) in [6.45, 7) is 4.85. The molecule has 0 amide bonds. The number of nitrogens with zero attached hydrogens (tertiary/aromatic N) is 1. The fraction of sp³-hybridized carbons (Fsp3) is 0.103. The molecule has 1 nitrogen and oxygen atoms in total. The molecule has 0 atom stereocenters. The second kappa shape index (κ2) is 13.4. The maximum absolute atomic E-state index is 2.53. The molecule has 9 aromatic rings. The molecule has 0 saturated carbocycles. The Morgan fingerprint density at radius 1 is 0.500 bits per heavy atom. The Labute approximate surface area is 356 Å². The van der Waals surface area contributed by atoms with Crippen molar-refractivity contribution in [3.63, 3.8) is 0 Å². The van der Waals surface area contributed by atoms with E-state index in [0.29, 0.717) is 0 Å². The molecule has 1 aromatic heterocycles. The summed E-state index contributed by atoms with van der Waals surface area (Å²) in [4.78, 5) is 2.53. The monoisotopic (exact) mass is 785 g/mol. The fourth-order valence-electron chi connectivity index (χ4n) is 10.9. The minimum atomic E-state index is -0.486. The predicted octanol–water partition coefficient (Wildman–Crippen LogP) is 15.9. The van der Waals surface area contributed by atoms with Crippen molar-refractivity contribution in [1.29, 1.82) is 0 Å². The van der Waals surface area contributed by atoms with Crippen LogP contribution in [0.1, 0.15) is 60.1 Å². The SMILES string of the molecule is CC1(C)C2=C(C=CCC2)c2ccc(N(c3ccc(-c4ccc5sc6ccccc6c5c4)cc3)c3cccc4c3-c3ccccc3C4(c3ccccc3)c3ccccc3)cc21. The van der Waals surface area contributed by atoms with Gasteiger partial charge in [-0.15, -0.1) is 11.3 Å².